The van der Waals surface area contributed by atoms with Crippen LogP contribution in [0.3, 0.4) is 0 Å². The fourth-order valence-corrected chi connectivity index (χ4v) is 2.23. The second-order valence-electron chi connectivity index (χ2n) is 4.02. The Bertz CT molecular complexity index is 560. The largest absolute Gasteiger partial charge is 0.348 e. The van der Waals surface area contributed by atoms with Gasteiger partial charge in [-0.2, -0.15) is 5.26 Å². The highest BCUT2D eigenvalue weighted by Gasteiger charge is 2.18. The standard InChI is InChI=1S/C14H13N3OS/c15-9-12(8-11-4-2-1-3-5-11)14(18)17-10-13-16-6-7-19-13/h1-7,12H,8,10H2,(H,17,18). The third-order valence-corrected chi connectivity index (χ3v) is 3.43. The van der Waals surface area contributed by atoms with Gasteiger partial charge in [0.15, 0.2) is 0 Å². The van der Waals surface area contributed by atoms with Crippen molar-refractivity contribution in [3.8, 4) is 6.07 Å². The summed E-state index contributed by atoms with van der Waals surface area (Å²) in [7, 11) is 0. The van der Waals surface area contributed by atoms with E-state index in [1.54, 1.807) is 6.20 Å². The first-order valence-corrected chi connectivity index (χ1v) is 6.77. The zero-order valence-corrected chi connectivity index (χ0v) is 11.1. The first-order chi connectivity index (χ1) is 9.29. The topological polar surface area (TPSA) is 65.8 Å². The molecule has 1 amide bonds. The van der Waals surface area contributed by atoms with E-state index in [2.05, 4.69) is 16.4 Å². The van der Waals surface area contributed by atoms with Crippen molar-refractivity contribution in [1.82, 2.24) is 10.3 Å². The van der Waals surface area contributed by atoms with Gasteiger partial charge in [-0.05, 0) is 12.0 Å². The molecule has 0 saturated heterocycles. The molecule has 4 nitrogen and oxygen atoms in total. The van der Waals surface area contributed by atoms with Crippen molar-refractivity contribution in [1.29, 1.82) is 5.26 Å². The number of aromatic nitrogens is 1. The van der Waals surface area contributed by atoms with Gasteiger partial charge in [-0.25, -0.2) is 4.98 Å². The number of carbonyl (C=O) groups excluding carboxylic acids is 1. The Morgan fingerprint density at radius 2 is 2.21 bits per heavy atom. The van der Waals surface area contributed by atoms with Gasteiger partial charge in [-0.15, -0.1) is 11.3 Å². The zero-order valence-electron chi connectivity index (χ0n) is 10.2. The molecule has 5 heteroatoms. The van der Waals surface area contributed by atoms with Crippen LogP contribution in [0.1, 0.15) is 10.6 Å². The molecule has 2 aromatic rings. The van der Waals surface area contributed by atoms with Crippen molar-refractivity contribution >= 4 is 17.2 Å². The van der Waals surface area contributed by atoms with Crippen molar-refractivity contribution in [2.24, 2.45) is 5.92 Å². The monoisotopic (exact) mass is 271 g/mol. The lowest BCUT2D eigenvalue weighted by atomic mass is 10.00. The van der Waals surface area contributed by atoms with E-state index in [4.69, 9.17) is 5.26 Å². The molecule has 1 aromatic carbocycles. The van der Waals surface area contributed by atoms with Crippen molar-refractivity contribution in [2.45, 2.75) is 13.0 Å². The number of carbonyl (C=O) groups is 1. The van der Waals surface area contributed by atoms with Gasteiger partial charge >= 0.3 is 0 Å². The Balaban J connectivity index is 1.90. The average Bonchev–Trinajstić information content (AvgIpc) is 2.96. The average molecular weight is 271 g/mol. The Kier molecular flexibility index (Phi) is 4.65. The maximum absolute atomic E-state index is 11.9. The van der Waals surface area contributed by atoms with Crippen LogP contribution in [0.25, 0.3) is 0 Å². The van der Waals surface area contributed by atoms with Gasteiger partial charge < -0.3 is 5.32 Å². The summed E-state index contributed by atoms with van der Waals surface area (Å²) in [6.07, 6.45) is 2.12. The van der Waals surface area contributed by atoms with Crippen molar-refractivity contribution in [2.75, 3.05) is 0 Å². The van der Waals surface area contributed by atoms with Crippen LogP contribution < -0.4 is 5.32 Å². The van der Waals surface area contributed by atoms with Crippen LogP contribution >= 0.6 is 11.3 Å². The Morgan fingerprint density at radius 1 is 1.42 bits per heavy atom. The summed E-state index contributed by atoms with van der Waals surface area (Å²) in [4.78, 5) is 16.0. The Morgan fingerprint density at radius 3 is 2.84 bits per heavy atom. The summed E-state index contributed by atoms with van der Waals surface area (Å²) < 4.78 is 0. The van der Waals surface area contributed by atoms with E-state index < -0.39 is 5.92 Å². The molecule has 1 heterocycles. The molecule has 1 N–H and O–H groups in total. The molecule has 1 aromatic heterocycles. The molecule has 19 heavy (non-hydrogen) atoms. The Hall–Kier alpha value is -2.19. The normalized spacial score (nSPS) is 11.5. The van der Waals surface area contributed by atoms with Gasteiger partial charge in [-0.3, -0.25) is 4.79 Å². The third kappa shape index (κ3) is 3.90. The number of hydrogen-bond acceptors (Lipinski definition) is 4. The SMILES string of the molecule is N#CC(Cc1ccccc1)C(=O)NCc1nccs1. The number of amides is 1. The molecule has 0 aliphatic carbocycles. The van der Waals surface area contributed by atoms with Gasteiger partial charge in [0.05, 0.1) is 12.6 Å². The minimum absolute atomic E-state index is 0.249. The van der Waals surface area contributed by atoms with E-state index >= 15 is 0 Å². The summed E-state index contributed by atoms with van der Waals surface area (Å²) in [5.41, 5.74) is 0.985. The van der Waals surface area contributed by atoms with E-state index in [9.17, 15) is 4.79 Å². The van der Waals surface area contributed by atoms with Crippen LogP contribution in [0.15, 0.2) is 41.9 Å². The van der Waals surface area contributed by atoms with Crippen molar-refractivity contribution in [3.63, 3.8) is 0 Å². The van der Waals surface area contributed by atoms with E-state index in [0.717, 1.165) is 10.6 Å². The Labute approximate surface area is 115 Å². The van der Waals surface area contributed by atoms with Gasteiger partial charge in [0.2, 0.25) is 5.91 Å². The quantitative estimate of drug-likeness (QED) is 0.906. The molecule has 0 spiro atoms. The number of benzene rings is 1. The molecule has 0 fully saturated rings. The highest BCUT2D eigenvalue weighted by molar-refractivity contribution is 7.09. The molecule has 0 aliphatic rings. The molecule has 0 aliphatic heterocycles. The number of rotatable bonds is 5. The molecule has 0 bridgehead atoms. The first-order valence-electron chi connectivity index (χ1n) is 5.89. The van der Waals surface area contributed by atoms with Crippen LogP contribution in [0, 0.1) is 17.2 Å². The van der Waals surface area contributed by atoms with Crippen LogP contribution in [0.5, 0.6) is 0 Å². The summed E-state index contributed by atoms with van der Waals surface area (Å²) in [6.45, 7) is 0.378. The molecule has 96 valence electrons. The van der Waals surface area contributed by atoms with Crippen LogP contribution in [0.2, 0.25) is 0 Å². The summed E-state index contributed by atoms with van der Waals surface area (Å²) in [5, 5.41) is 14.5. The molecular weight excluding hydrogens is 258 g/mol. The highest BCUT2D eigenvalue weighted by Crippen LogP contribution is 2.09. The molecule has 0 saturated carbocycles. The minimum atomic E-state index is -0.664. The lowest BCUT2D eigenvalue weighted by Crippen LogP contribution is -2.30. The summed E-state index contributed by atoms with van der Waals surface area (Å²) in [6, 6.07) is 11.6. The zero-order chi connectivity index (χ0) is 13.5. The molecule has 1 unspecified atom stereocenters. The summed E-state index contributed by atoms with van der Waals surface area (Å²) in [5.74, 6) is -0.913. The number of hydrogen-bond donors (Lipinski definition) is 1. The summed E-state index contributed by atoms with van der Waals surface area (Å²) >= 11 is 1.48. The van der Waals surface area contributed by atoms with E-state index in [1.165, 1.54) is 11.3 Å². The molecular formula is C14H13N3OS. The van der Waals surface area contributed by atoms with Gasteiger partial charge in [-0.1, -0.05) is 30.3 Å². The second-order valence-corrected chi connectivity index (χ2v) is 4.99. The van der Waals surface area contributed by atoms with Gasteiger partial charge in [0.1, 0.15) is 10.9 Å². The van der Waals surface area contributed by atoms with Gasteiger partial charge in [0.25, 0.3) is 0 Å². The van der Waals surface area contributed by atoms with Crippen LogP contribution in [-0.4, -0.2) is 10.9 Å². The predicted octanol–water partition coefficient (Wildman–Crippen LogP) is 2.14. The molecule has 2 rings (SSSR count). The number of nitrogens with zero attached hydrogens (tertiary/aromatic N) is 2. The smallest absolute Gasteiger partial charge is 0.238 e. The lowest BCUT2D eigenvalue weighted by Gasteiger charge is -2.09. The van der Waals surface area contributed by atoms with Crippen molar-refractivity contribution < 1.29 is 4.79 Å². The van der Waals surface area contributed by atoms with Gasteiger partial charge in [0, 0.05) is 11.6 Å². The maximum Gasteiger partial charge on any atom is 0.238 e. The molecule has 1 atom stereocenters. The number of nitrogens with one attached hydrogen (secondary N) is 1. The number of thiazole rings is 1. The fraction of sp³-hybridized carbons (Fsp3) is 0.214. The molecule has 0 radical (unpaired) electrons. The number of nitriles is 1. The van der Waals surface area contributed by atoms with Crippen LogP contribution in [-0.2, 0) is 17.8 Å². The first kappa shape index (κ1) is 13.2. The minimum Gasteiger partial charge on any atom is -0.348 e. The van der Waals surface area contributed by atoms with E-state index in [-0.39, 0.29) is 5.91 Å². The fourth-order valence-electron chi connectivity index (χ4n) is 1.67. The second kappa shape index (κ2) is 6.66. The van der Waals surface area contributed by atoms with Crippen molar-refractivity contribution in [3.05, 3.63) is 52.5 Å². The lowest BCUT2D eigenvalue weighted by molar-refractivity contribution is -0.123. The maximum atomic E-state index is 11.9. The van der Waals surface area contributed by atoms with Crippen LogP contribution in [0.4, 0.5) is 0 Å². The highest BCUT2D eigenvalue weighted by atomic mass is 32.1. The third-order valence-electron chi connectivity index (χ3n) is 2.65. The van der Waals surface area contributed by atoms with E-state index in [1.807, 2.05) is 35.7 Å². The predicted molar refractivity (Wildman–Crippen MR) is 73.2 cm³/mol. The van der Waals surface area contributed by atoms with E-state index in [0.29, 0.717) is 13.0 Å².